The van der Waals surface area contributed by atoms with Gasteiger partial charge in [-0.25, -0.2) is 9.37 Å². The van der Waals surface area contributed by atoms with Crippen LogP contribution in [0.25, 0.3) is 0 Å². The molecule has 0 aliphatic carbocycles. The Balaban J connectivity index is 3.04. The lowest BCUT2D eigenvalue weighted by atomic mass is 10.1. The third-order valence-electron chi connectivity index (χ3n) is 2.38. The second kappa shape index (κ2) is 5.42. The number of aromatic nitrogens is 1. The lowest BCUT2D eigenvalue weighted by molar-refractivity contribution is 0.0872. The molecule has 0 spiro atoms. The molecule has 4 nitrogen and oxygen atoms in total. The molecule has 0 fully saturated rings. The molecule has 0 bridgehead atoms. The molecule has 17 heavy (non-hydrogen) atoms. The predicted molar refractivity (Wildman–Crippen MR) is 64.3 cm³/mol. The Labute approximate surface area is 101 Å². The topological polar surface area (TPSA) is 56.6 Å². The summed E-state index contributed by atoms with van der Waals surface area (Å²) in [5, 5.41) is 18.8. The van der Waals surface area contributed by atoms with E-state index in [-0.39, 0.29) is 24.5 Å². The quantitative estimate of drug-likeness (QED) is 0.817. The van der Waals surface area contributed by atoms with Crippen molar-refractivity contribution in [2.24, 2.45) is 0 Å². The highest BCUT2D eigenvalue weighted by Crippen LogP contribution is 2.21. The van der Waals surface area contributed by atoms with Gasteiger partial charge in [0.25, 0.3) is 0 Å². The predicted octanol–water partition coefficient (Wildman–Crippen LogP) is 1.31. The summed E-state index contributed by atoms with van der Waals surface area (Å²) in [5.74, 6) is -0.359. The van der Waals surface area contributed by atoms with E-state index in [9.17, 15) is 9.50 Å². The van der Waals surface area contributed by atoms with Gasteiger partial charge >= 0.3 is 0 Å². The Morgan fingerprint density at radius 2 is 2.12 bits per heavy atom. The number of likely N-dealkylation sites (N-methyl/N-ethyl adjacent to an activating group) is 1. The average molecular weight is 242 g/mol. The number of pyridine rings is 1. The van der Waals surface area contributed by atoms with Crippen molar-refractivity contribution in [2.45, 2.75) is 33.0 Å². The summed E-state index contributed by atoms with van der Waals surface area (Å²) in [4.78, 5) is 5.62. The van der Waals surface area contributed by atoms with Gasteiger partial charge in [-0.2, -0.15) is 0 Å². The first kappa shape index (κ1) is 13.9. The van der Waals surface area contributed by atoms with Crippen molar-refractivity contribution in [2.75, 3.05) is 18.0 Å². The summed E-state index contributed by atoms with van der Waals surface area (Å²) >= 11 is 0. The molecule has 1 rings (SSSR count). The van der Waals surface area contributed by atoms with E-state index < -0.39 is 11.4 Å². The lowest BCUT2D eigenvalue weighted by Crippen LogP contribution is -2.39. The Bertz CT molecular complexity index is 377. The van der Waals surface area contributed by atoms with Gasteiger partial charge in [0, 0.05) is 24.8 Å². The fraction of sp³-hybridized carbons (Fsp3) is 0.583. The maximum Gasteiger partial charge on any atom is 0.171 e. The molecule has 0 radical (unpaired) electrons. The van der Waals surface area contributed by atoms with Crippen LogP contribution >= 0.6 is 0 Å². The van der Waals surface area contributed by atoms with Crippen LogP contribution in [0.3, 0.4) is 0 Å². The van der Waals surface area contributed by atoms with Gasteiger partial charge in [0.1, 0.15) is 0 Å². The van der Waals surface area contributed by atoms with Gasteiger partial charge < -0.3 is 15.1 Å². The third-order valence-corrected chi connectivity index (χ3v) is 2.38. The minimum absolute atomic E-state index is 0.168. The van der Waals surface area contributed by atoms with Crippen LogP contribution in [0.1, 0.15) is 26.3 Å². The summed E-state index contributed by atoms with van der Waals surface area (Å²) in [6.07, 6.45) is 1.46. The van der Waals surface area contributed by atoms with Crippen molar-refractivity contribution in [1.82, 2.24) is 4.98 Å². The van der Waals surface area contributed by atoms with Crippen LogP contribution in [0.5, 0.6) is 0 Å². The van der Waals surface area contributed by atoms with E-state index in [1.54, 1.807) is 18.7 Å². The van der Waals surface area contributed by atoms with Crippen molar-refractivity contribution in [3.05, 3.63) is 23.6 Å². The van der Waals surface area contributed by atoms with Crippen molar-refractivity contribution in [3.63, 3.8) is 0 Å². The highest BCUT2D eigenvalue weighted by molar-refractivity contribution is 5.43. The highest BCUT2D eigenvalue weighted by atomic mass is 19.1. The Morgan fingerprint density at radius 1 is 1.47 bits per heavy atom. The van der Waals surface area contributed by atoms with E-state index >= 15 is 0 Å². The minimum atomic E-state index is -0.931. The number of hydrogen-bond donors (Lipinski definition) is 2. The molecule has 0 aromatic carbocycles. The van der Waals surface area contributed by atoms with Crippen LogP contribution in [0, 0.1) is 5.82 Å². The van der Waals surface area contributed by atoms with E-state index in [4.69, 9.17) is 5.11 Å². The molecule has 0 atom stereocenters. The summed E-state index contributed by atoms with van der Waals surface area (Å²) in [5.41, 5.74) is -0.719. The number of rotatable bonds is 5. The first-order chi connectivity index (χ1) is 7.89. The van der Waals surface area contributed by atoms with E-state index in [1.165, 1.54) is 12.3 Å². The highest BCUT2D eigenvalue weighted by Gasteiger charge is 2.21. The standard InChI is InChI=1S/C12H19FN2O2/c1-4-15(8-12(2,3)17)11-10(13)9(7-16)5-6-14-11/h5-6,16-17H,4,7-8H2,1-3H3. The number of halogens is 1. The van der Waals surface area contributed by atoms with Crippen LogP contribution < -0.4 is 4.90 Å². The van der Waals surface area contributed by atoms with Crippen molar-refractivity contribution in [1.29, 1.82) is 0 Å². The summed E-state index contributed by atoms with van der Waals surface area (Å²) < 4.78 is 13.9. The fourth-order valence-corrected chi connectivity index (χ4v) is 1.62. The molecular weight excluding hydrogens is 223 g/mol. The van der Waals surface area contributed by atoms with Crippen LogP contribution in [-0.2, 0) is 6.61 Å². The molecule has 0 aliphatic rings. The summed E-state index contributed by atoms with van der Waals surface area (Å²) in [6, 6.07) is 1.44. The minimum Gasteiger partial charge on any atom is -0.392 e. The summed E-state index contributed by atoms with van der Waals surface area (Å²) in [7, 11) is 0. The van der Waals surface area contributed by atoms with E-state index in [2.05, 4.69) is 4.98 Å². The normalized spacial score (nSPS) is 11.6. The van der Waals surface area contributed by atoms with Crippen LogP contribution in [0.15, 0.2) is 12.3 Å². The smallest absolute Gasteiger partial charge is 0.171 e. The van der Waals surface area contributed by atoms with E-state index in [0.717, 1.165) is 0 Å². The van der Waals surface area contributed by atoms with Crippen molar-refractivity contribution in [3.8, 4) is 0 Å². The van der Waals surface area contributed by atoms with Gasteiger partial charge in [0.2, 0.25) is 0 Å². The Hall–Kier alpha value is -1.20. The fourth-order valence-electron chi connectivity index (χ4n) is 1.62. The molecule has 2 N–H and O–H groups in total. The number of nitrogens with zero attached hydrogens (tertiary/aromatic N) is 2. The van der Waals surface area contributed by atoms with Gasteiger partial charge in [-0.05, 0) is 26.8 Å². The molecule has 0 saturated carbocycles. The molecule has 5 heteroatoms. The zero-order valence-electron chi connectivity index (χ0n) is 10.4. The third kappa shape index (κ3) is 3.64. The Morgan fingerprint density at radius 3 is 2.59 bits per heavy atom. The molecule has 0 unspecified atom stereocenters. The van der Waals surface area contributed by atoms with E-state index in [1.807, 2.05) is 6.92 Å². The van der Waals surface area contributed by atoms with Gasteiger partial charge in [-0.15, -0.1) is 0 Å². The molecule has 1 heterocycles. The average Bonchev–Trinajstić information content (AvgIpc) is 2.25. The van der Waals surface area contributed by atoms with Gasteiger partial charge in [-0.3, -0.25) is 0 Å². The maximum atomic E-state index is 13.9. The second-order valence-electron chi connectivity index (χ2n) is 4.59. The monoisotopic (exact) mass is 242 g/mol. The van der Waals surface area contributed by atoms with Crippen LogP contribution in [-0.4, -0.2) is 33.9 Å². The first-order valence-electron chi connectivity index (χ1n) is 5.60. The van der Waals surface area contributed by atoms with Crippen LogP contribution in [0.4, 0.5) is 10.2 Å². The van der Waals surface area contributed by atoms with Gasteiger partial charge in [0.05, 0.1) is 12.2 Å². The SMILES string of the molecule is CCN(CC(C)(C)O)c1nccc(CO)c1F. The zero-order chi connectivity index (χ0) is 13.1. The van der Waals surface area contributed by atoms with Crippen LogP contribution in [0.2, 0.25) is 0 Å². The molecular formula is C12H19FN2O2. The maximum absolute atomic E-state index is 13.9. The number of anilines is 1. The largest absolute Gasteiger partial charge is 0.392 e. The molecule has 1 aromatic heterocycles. The second-order valence-corrected chi connectivity index (χ2v) is 4.59. The molecule has 96 valence electrons. The van der Waals surface area contributed by atoms with Crippen molar-refractivity contribution >= 4 is 5.82 Å². The van der Waals surface area contributed by atoms with Gasteiger partial charge in [-0.1, -0.05) is 0 Å². The molecule has 0 amide bonds. The number of aliphatic hydroxyl groups excluding tert-OH is 1. The number of aliphatic hydroxyl groups is 2. The van der Waals surface area contributed by atoms with Crippen molar-refractivity contribution < 1.29 is 14.6 Å². The Kier molecular flexibility index (Phi) is 4.42. The lowest BCUT2D eigenvalue weighted by Gasteiger charge is -2.29. The zero-order valence-corrected chi connectivity index (χ0v) is 10.4. The molecule has 0 aliphatic heterocycles. The number of hydrogen-bond acceptors (Lipinski definition) is 4. The van der Waals surface area contributed by atoms with Gasteiger partial charge in [0.15, 0.2) is 11.6 Å². The van der Waals surface area contributed by atoms with E-state index in [0.29, 0.717) is 6.54 Å². The summed E-state index contributed by atoms with van der Waals surface area (Å²) in [6.45, 7) is 5.62. The molecule has 1 aromatic rings. The molecule has 0 saturated heterocycles. The first-order valence-corrected chi connectivity index (χ1v) is 5.60.